The zero-order valence-electron chi connectivity index (χ0n) is 13.3. The minimum Gasteiger partial charge on any atom is -0.493 e. The predicted octanol–water partition coefficient (Wildman–Crippen LogP) is 0.614. The highest BCUT2D eigenvalue weighted by molar-refractivity contribution is 7.88. The van der Waals surface area contributed by atoms with Crippen molar-refractivity contribution in [3.8, 4) is 11.5 Å². The summed E-state index contributed by atoms with van der Waals surface area (Å²) in [5, 5.41) is 2.72. The van der Waals surface area contributed by atoms with Crippen LogP contribution >= 0.6 is 0 Å². The fourth-order valence-electron chi connectivity index (χ4n) is 2.59. The summed E-state index contributed by atoms with van der Waals surface area (Å²) in [6.45, 7) is 0.970. The highest BCUT2D eigenvalue weighted by Crippen LogP contribution is 2.25. The first-order chi connectivity index (χ1) is 10.9. The van der Waals surface area contributed by atoms with Gasteiger partial charge in [0, 0.05) is 6.54 Å². The van der Waals surface area contributed by atoms with Gasteiger partial charge in [0.2, 0.25) is 15.9 Å². The number of methoxy groups -OCH3 is 1. The number of carbonyl (C=O) groups excluding carboxylic acids is 1. The van der Waals surface area contributed by atoms with Crippen molar-refractivity contribution in [2.24, 2.45) is 0 Å². The number of sulfonamides is 1. The Hall–Kier alpha value is -1.80. The van der Waals surface area contributed by atoms with Crippen LogP contribution in [0.15, 0.2) is 24.3 Å². The highest BCUT2D eigenvalue weighted by Gasteiger charge is 2.36. The lowest BCUT2D eigenvalue weighted by Crippen LogP contribution is -2.46. The fourth-order valence-corrected chi connectivity index (χ4v) is 3.71. The van der Waals surface area contributed by atoms with E-state index in [2.05, 4.69) is 5.32 Å². The van der Waals surface area contributed by atoms with E-state index in [0.29, 0.717) is 37.4 Å². The molecule has 1 N–H and O–H groups in total. The first kappa shape index (κ1) is 17.6. The summed E-state index contributed by atoms with van der Waals surface area (Å²) in [5.74, 6) is 0.942. The third-order valence-electron chi connectivity index (χ3n) is 3.66. The van der Waals surface area contributed by atoms with Gasteiger partial charge in [-0.15, -0.1) is 0 Å². The molecule has 1 aromatic rings. The maximum absolute atomic E-state index is 12.1. The molecule has 7 nitrogen and oxygen atoms in total. The molecule has 0 unspecified atom stereocenters. The second-order valence-electron chi connectivity index (χ2n) is 5.32. The number of carbonyl (C=O) groups is 1. The SMILES string of the molecule is COc1ccccc1OCCNC(=O)[C@@H]1CCCN1S(C)(=O)=O. The lowest BCUT2D eigenvalue weighted by molar-refractivity contribution is -0.124. The van der Waals surface area contributed by atoms with Crippen LogP contribution in [-0.4, -0.2) is 57.7 Å². The van der Waals surface area contributed by atoms with E-state index in [1.807, 2.05) is 12.1 Å². The molecule has 8 heteroatoms. The molecule has 1 aromatic carbocycles. The van der Waals surface area contributed by atoms with Gasteiger partial charge in [-0.2, -0.15) is 4.31 Å². The summed E-state index contributed by atoms with van der Waals surface area (Å²) in [6.07, 6.45) is 2.37. The highest BCUT2D eigenvalue weighted by atomic mass is 32.2. The predicted molar refractivity (Wildman–Crippen MR) is 86.1 cm³/mol. The minimum atomic E-state index is -3.35. The zero-order valence-corrected chi connectivity index (χ0v) is 14.1. The number of rotatable bonds is 7. The maximum Gasteiger partial charge on any atom is 0.238 e. The van der Waals surface area contributed by atoms with Crippen LogP contribution in [0.2, 0.25) is 0 Å². The van der Waals surface area contributed by atoms with E-state index in [1.54, 1.807) is 19.2 Å². The third kappa shape index (κ3) is 4.59. The molecular weight excluding hydrogens is 320 g/mol. The van der Waals surface area contributed by atoms with Crippen molar-refractivity contribution in [2.45, 2.75) is 18.9 Å². The van der Waals surface area contributed by atoms with E-state index < -0.39 is 16.1 Å². The van der Waals surface area contributed by atoms with E-state index in [0.717, 1.165) is 6.26 Å². The minimum absolute atomic E-state index is 0.276. The van der Waals surface area contributed by atoms with Gasteiger partial charge in [0.15, 0.2) is 11.5 Å². The van der Waals surface area contributed by atoms with E-state index in [1.165, 1.54) is 4.31 Å². The Morgan fingerprint density at radius 3 is 2.70 bits per heavy atom. The number of hydrogen-bond donors (Lipinski definition) is 1. The van der Waals surface area contributed by atoms with Crippen molar-refractivity contribution in [1.29, 1.82) is 0 Å². The molecule has 1 aliphatic rings. The van der Waals surface area contributed by atoms with Crippen molar-refractivity contribution >= 4 is 15.9 Å². The van der Waals surface area contributed by atoms with E-state index in [4.69, 9.17) is 9.47 Å². The van der Waals surface area contributed by atoms with Crippen LogP contribution in [0.1, 0.15) is 12.8 Å². The summed E-state index contributed by atoms with van der Waals surface area (Å²) in [4.78, 5) is 12.1. The van der Waals surface area contributed by atoms with Crippen molar-refractivity contribution in [2.75, 3.05) is 33.1 Å². The molecule has 0 bridgehead atoms. The second-order valence-corrected chi connectivity index (χ2v) is 7.26. The van der Waals surface area contributed by atoms with Gasteiger partial charge < -0.3 is 14.8 Å². The molecule has 1 heterocycles. The largest absolute Gasteiger partial charge is 0.493 e. The van der Waals surface area contributed by atoms with Gasteiger partial charge in [0.1, 0.15) is 12.6 Å². The van der Waals surface area contributed by atoms with E-state index >= 15 is 0 Å². The first-order valence-corrected chi connectivity index (χ1v) is 9.28. The second kappa shape index (κ2) is 7.65. The van der Waals surface area contributed by atoms with Crippen LogP contribution in [0.25, 0.3) is 0 Å². The van der Waals surface area contributed by atoms with Crippen LogP contribution in [0.4, 0.5) is 0 Å². The van der Waals surface area contributed by atoms with Gasteiger partial charge in [-0.05, 0) is 25.0 Å². The Morgan fingerprint density at radius 2 is 2.04 bits per heavy atom. The smallest absolute Gasteiger partial charge is 0.238 e. The number of nitrogens with zero attached hydrogens (tertiary/aromatic N) is 1. The monoisotopic (exact) mass is 342 g/mol. The van der Waals surface area contributed by atoms with Crippen LogP contribution in [0.5, 0.6) is 11.5 Å². The summed E-state index contributed by atoms with van der Waals surface area (Å²) in [6, 6.07) is 6.63. The Kier molecular flexibility index (Phi) is 5.84. The van der Waals surface area contributed by atoms with Crippen LogP contribution in [0.3, 0.4) is 0 Å². The van der Waals surface area contributed by atoms with Crippen LogP contribution in [-0.2, 0) is 14.8 Å². The van der Waals surface area contributed by atoms with Gasteiger partial charge in [0.25, 0.3) is 0 Å². The number of nitrogens with one attached hydrogen (secondary N) is 1. The summed E-state index contributed by atoms with van der Waals surface area (Å²) in [7, 11) is -1.80. The molecule has 0 spiro atoms. The Labute approximate surface area is 136 Å². The quantitative estimate of drug-likeness (QED) is 0.734. The summed E-state index contributed by atoms with van der Waals surface area (Å²) < 4.78 is 35.3. The molecule has 2 rings (SSSR count). The van der Waals surface area contributed by atoms with Gasteiger partial charge in [-0.3, -0.25) is 4.79 Å². The third-order valence-corrected chi connectivity index (χ3v) is 4.95. The molecule has 128 valence electrons. The molecule has 1 fully saturated rings. The number of hydrogen-bond acceptors (Lipinski definition) is 5. The van der Waals surface area contributed by atoms with E-state index in [9.17, 15) is 13.2 Å². The average molecular weight is 342 g/mol. The molecule has 1 saturated heterocycles. The number of ether oxygens (including phenoxy) is 2. The van der Waals surface area contributed by atoms with Crippen LogP contribution < -0.4 is 14.8 Å². The Balaban J connectivity index is 1.81. The fraction of sp³-hybridized carbons (Fsp3) is 0.533. The first-order valence-electron chi connectivity index (χ1n) is 7.44. The van der Waals surface area contributed by atoms with Gasteiger partial charge in [0.05, 0.1) is 19.9 Å². The number of para-hydroxylation sites is 2. The topological polar surface area (TPSA) is 84.9 Å². The molecular formula is C15H22N2O5S. The molecule has 1 atom stereocenters. The molecule has 0 aromatic heterocycles. The van der Waals surface area contributed by atoms with Gasteiger partial charge in [-0.25, -0.2) is 8.42 Å². The molecule has 0 aliphatic carbocycles. The normalized spacial score (nSPS) is 18.6. The van der Waals surface area contributed by atoms with Crippen molar-refractivity contribution in [1.82, 2.24) is 9.62 Å². The average Bonchev–Trinajstić information content (AvgIpc) is 3.01. The van der Waals surface area contributed by atoms with Crippen molar-refractivity contribution in [3.63, 3.8) is 0 Å². The standard InChI is InChI=1S/C15H22N2O5S/c1-21-13-7-3-4-8-14(13)22-11-9-16-15(18)12-6-5-10-17(12)23(2,19)20/h3-4,7-8,12H,5-6,9-11H2,1-2H3,(H,16,18)/t12-/m0/s1. The Morgan fingerprint density at radius 1 is 1.35 bits per heavy atom. The zero-order chi connectivity index (χ0) is 16.9. The molecule has 1 amide bonds. The lowest BCUT2D eigenvalue weighted by Gasteiger charge is -2.21. The van der Waals surface area contributed by atoms with Crippen molar-refractivity contribution in [3.05, 3.63) is 24.3 Å². The molecule has 23 heavy (non-hydrogen) atoms. The van der Waals surface area contributed by atoms with Gasteiger partial charge in [-0.1, -0.05) is 12.1 Å². The van der Waals surface area contributed by atoms with Gasteiger partial charge >= 0.3 is 0 Å². The summed E-state index contributed by atoms with van der Waals surface area (Å²) in [5.41, 5.74) is 0. The lowest BCUT2D eigenvalue weighted by atomic mass is 10.2. The number of amides is 1. The Bertz CT molecular complexity index is 647. The molecule has 0 saturated carbocycles. The summed E-state index contributed by atoms with van der Waals surface area (Å²) >= 11 is 0. The molecule has 1 aliphatic heterocycles. The van der Waals surface area contributed by atoms with E-state index in [-0.39, 0.29) is 12.5 Å². The van der Waals surface area contributed by atoms with Crippen molar-refractivity contribution < 1.29 is 22.7 Å². The maximum atomic E-state index is 12.1. The number of benzene rings is 1. The van der Waals surface area contributed by atoms with Crippen LogP contribution in [0, 0.1) is 0 Å². The molecule has 0 radical (unpaired) electrons.